The molecule has 0 aliphatic rings. The molecule has 0 aliphatic heterocycles. The molecular weight excluding hydrogens is 288 g/mol. The molecule has 0 bridgehead atoms. The van der Waals surface area contributed by atoms with Crippen LogP contribution < -0.4 is 10.0 Å². The van der Waals surface area contributed by atoms with Crippen molar-refractivity contribution in [3.05, 3.63) is 29.8 Å². The Morgan fingerprint density at radius 3 is 2.14 bits per heavy atom. The van der Waals surface area contributed by atoms with Crippen molar-refractivity contribution in [3.63, 3.8) is 0 Å². The van der Waals surface area contributed by atoms with Crippen LogP contribution in [0.2, 0.25) is 0 Å². The predicted molar refractivity (Wildman–Crippen MR) is 83.7 cm³/mol. The molecule has 1 rings (SSSR count). The lowest BCUT2D eigenvalue weighted by Gasteiger charge is -2.10. The van der Waals surface area contributed by atoms with Gasteiger partial charge in [0.2, 0.25) is 10.0 Å². The Balaban J connectivity index is 2.74. The standard InChI is InChI=1S/C15H24N2O3S/c1-11(2)9-10-16-21(19,20)14-7-5-13(6-8-14)15(18)17-12(3)4/h5-8,11-12,16H,9-10H2,1-4H3,(H,17,18). The fourth-order valence-corrected chi connectivity index (χ4v) is 2.74. The van der Waals surface area contributed by atoms with Gasteiger partial charge in [0, 0.05) is 18.2 Å². The maximum absolute atomic E-state index is 12.1. The van der Waals surface area contributed by atoms with E-state index in [-0.39, 0.29) is 16.8 Å². The summed E-state index contributed by atoms with van der Waals surface area (Å²) in [5, 5.41) is 2.76. The topological polar surface area (TPSA) is 75.3 Å². The van der Waals surface area contributed by atoms with Gasteiger partial charge in [-0.1, -0.05) is 13.8 Å². The van der Waals surface area contributed by atoms with E-state index in [2.05, 4.69) is 10.0 Å². The normalized spacial score (nSPS) is 11.9. The molecule has 2 N–H and O–H groups in total. The summed E-state index contributed by atoms with van der Waals surface area (Å²) in [5.74, 6) is 0.233. The van der Waals surface area contributed by atoms with Crippen LogP contribution in [0.3, 0.4) is 0 Å². The van der Waals surface area contributed by atoms with Gasteiger partial charge in [0.05, 0.1) is 4.90 Å². The zero-order valence-corrected chi connectivity index (χ0v) is 13.8. The molecule has 0 aliphatic carbocycles. The van der Waals surface area contributed by atoms with Crippen LogP contribution in [0.4, 0.5) is 0 Å². The highest BCUT2D eigenvalue weighted by Gasteiger charge is 2.14. The minimum absolute atomic E-state index is 0.0404. The number of hydrogen-bond donors (Lipinski definition) is 2. The molecule has 1 aromatic carbocycles. The van der Waals surface area contributed by atoms with Crippen LogP contribution in [0.25, 0.3) is 0 Å². The predicted octanol–water partition coefficient (Wildman–Crippen LogP) is 2.15. The fraction of sp³-hybridized carbons (Fsp3) is 0.533. The van der Waals surface area contributed by atoms with Crippen molar-refractivity contribution in [2.45, 2.75) is 45.1 Å². The average molecular weight is 312 g/mol. The molecule has 6 heteroatoms. The van der Waals surface area contributed by atoms with Gasteiger partial charge in [-0.3, -0.25) is 4.79 Å². The van der Waals surface area contributed by atoms with E-state index in [1.165, 1.54) is 24.3 Å². The molecule has 0 saturated carbocycles. The number of rotatable bonds is 7. The lowest BCUT2D eigenvalue weighted by atomic mass is 10.1. The molecule has 0 heterocycles. The maximum Gasteiger partial charge on any atom is 0.251 e. The van der Waals surface area contributed by atoms with Crippen LogP contribution in [0.15, 0.2) is 29.2 Å². The lowest BCUT2D eigenvalue weighted by molar-refractivity contribution is 0.0943. The van der Waals surface area contributed by atoms with E-state index in [0.29, 0.717) is 18.0 Å². The lowest BCUT2D eigenvalue weighted by Crippen LogP contribution is -2.30. The van der Waals surface area contributed by atoms with Gasteiger partial charge in [0.25, 0.3) is 5.91 Å². The van der Waals surface area contributed by atoms with E-state index in [4.69, 9.17) is 0 Å². The second kappa shape index (κ2) is 7.56. The molecule has 118 valence electrons. The summed E-state index contributed by atoms with van der Waals surface area (Å²) < 4.78 is 26.7. The molecule has 0 spiro atoms. The average Bonchev–Trinajstić information content (AvgIpc) is 2.37. The number of nitrogens with one attached hydrogen (secondary N) is 2. The van der Waals surface area contributed by atoms with Gasteiger partial charge in [-0.15, -0.1) is 0 Å². The maximum atomic E-state index is 12.1. The molecule has 0 aromatic heterocycles. The summed E-state index contributed by atoms with van der Waals surface area (Å²) in [6.45, 7) is 8.23. The van der Waals surface area contributed by atoms with Crippen molar-refractivity contribution in [2.24, 2.45) is 5.92 Å². The van der Waals surface area contributed by atoms with Gasteiger partial charge in [0.1, 0.15) is 0 Å². The van der Waals surface area contributed by atoms with Crippen LogP contribution in [-0.2, 0) is 10.0 Å². The van der Waals surface area contributed by atoms with E-state index < -0.39 is 10.0 Å². The van der Waals surface area contributed by atoms with E-state index >= 15 is 0 Å². The Hall–Kier alpha value is -1.40. The van der Waals surface area contributed by atoms with Crippen molar-refractivity contribution < 1.29 is 13.2 Å². The first-order chi connectivity index (χ1) is 9.72. The second-order valence-corrected chi connectivity index (χ2v) is 7.50. The highest BCUT2D eigenvalue weighted by atomic mass is 32.2. The van der Waals surface area contributed by atoms with Gasteiger partial charge >= 0.3 is 0 Å². The van der Waals surface area contributed by atoms with Crippen LogP contribution in [-0.4, -0.2) is 26.9 Å². The molecule has 21 heavy (non-hydrogen) atoms. The monoisotopic (exact) mass is 312 g/mol. The molecule has 1 amide bonds. The van der Waals surface area contributed by atoms with Gasteiger partial charge in [-0.2, -0.15) is 0 Å². The molecule has 0 saturated heterocycles. The Labute approximate surface area is 127 Å². The molecule has 0 unspecified atom stereocenters. The van der Waals surface area contributed by atoms with Crippen molar-refractivity contribution in [1.82, 2.24) is 10.0 Å². The summed E-state index contributed by atoms with van der Waals surface area (Å²) in [4.78, 5) is 12.0. The van der Waals surface area contributed by atoms with Gasteiger partial charge in [0.15, 0.2) is 0 Å². The molecular formula is C15H24N2O3S. The van der Waals surface area contributed by atoms with Gasteiger partial charge < -0.3 is 5.32 Å². The Morgan fingerprint density at radius 2 is 1.67 bits per heavy atom. The van der Waals surface area contributed by atoms with E-state index in [9.17, 15) is 13.2 Å². The molecule has 5 nitrogen and oxygen atoms in total. The van der Waals surface area contributed by atoms with Crippen molar-refractivity contribution >= 4 is 15.9 Å². The van der Waals surface area contributed by atoms with Gasteiger partial charge in [-0.05, 0) is 50.5 Å². The second-order valence-electron chi connectivity index (χ2n) is 5.73. The third kappa shape index (κ3) is 5.85. The first-order valence-electron chi connectivity index (χ1n) is 7.13. The number of amides is 1. The summed E-state index contributed by atoms with van der Waals surface area (Å²) >= 11 is 0. The third-order valence-electron chi connectivity index (χ3n) is 2.86. The van der Waals surface area contributed by atoms with Crippen molar-refractivity contribution in [1.29, 1.82) is 0 Å². The Morgan fingerprint density at radius 1 is 1.10 bits per heavy atom. The third-order valence-corrected chi connectivity index (χ3v) is 4.34. The molecule has 0 fully saturated rings. The van der Waals surface area contributed by atoms with Crippen LogP contribution >= 0.6 is 0 Å². The van der Waals surface area contributed by atoms with Crippen LogP contribution in [0.1, 0.15) is 44.5 Å². The Kier molecular flexibility index (Phi) is 6.36. The molecule has 1 aromatic rings. The number of carbonyl (C=O) groups is 1. The number of carbonyl (C=O) groups excluding carboxylic acids is 1. The minimum Gasteiger partial charge on any atom is -0.350 e. The first-order valence-corrected chi connectivity index (χ1v) is 8.61. The summed E-state index contributed by atoms with van der Waals surface area (Å²) in [7, 11) is -3.50. The first kappa shape index (κ1) is 17.7. The zero-order chi connectivity index (χ0) is 16.0. The molecule has 0 radical (unpaired) electrons. The fourth-order valence-electron chi connectivity index (χ4n) is 1.70. The van der Waals surface area contributed by atoms with Crippen molar-refractivity contribution in [3.8, 4) is 0 Å². The minimum atomic E-state index is -3.50. The summed E-state index contributed by atoms with van der Waals surface area (Å²) in [6, 6.07) is 5.99. The Bertz CT molecular complexity index is 563. The largest absolute Gasteiger partial charge is 0.350 e. The summed E-state index contributed by atoms with van der Waals surface area (Å²) in [6.07, 6.45) is 0.786. The highest BCUT2D eigenvalue weighted by Crippen LogP contribution is 2.11. The van der Waals surface area contributed by atoms with Crippen LogP contribution in [0.5, 0.6) is 0 Å². The number of sulfonamides is 1. The van der Waals surface area contributed by atoms with Crippen molar-refractivity contribution in [2.75, 3.05) is 6.54 Å². The van der Waals surface area contributed by atoms with E-state index in [1.54, 1.807) is 0 Å². The van der Waals surface area contributed by atoms with E-state index in [0.717, 1.165) is 6.42 Å². The molecule has 0 atom stereocenters. The highest BCUT2D eigenvalue weighted by molar-refractivity contribution is 7.89. The number of benzene rings is 1. The van der Waals surface area contributed by atoms with E-state index in [1.807, 2.05) is 27.7 Å². The zero-order valence-electron chi connectivity index (χ0n) is 13.0. The summed E-state index contributed by atoms with van der Waals surface area (Å²) in [5.41, 5.74) is 0.449. The smallest absolute Gasteiger partial charge is 0.251 e. The SMILES string of the molecule is CC(C)CCNS(=O)(=O)c1ccc(C(=O)NC(C)C)cc1. The number of hydrogen-bond acceptors (Lipinski definition) is 3. The van der Waals surface area contributed by atoms with Crippen LogP contribution in [0, 0.1) is 5.92 Å². The van der Waals surface area contributed by atoms with Gasteiger partial charge in [-0.25, -0.2) is 13.1 Å². The quantitative estimate of drug-likeness (QED) is 0.810.